The van der Waals surface area contributed by atoms with Crippen LogP contribution in [0.5, 0.6) is 0 Å². The Morgan fingerprint density at radius 2 is 1.68 bits per heavy atom. The molecule has 0 unspecified atom stereocenters. The first kappa shape index (κ1) is 15.7. The van der Waals surface area contributed by atoms with E-state index in [2.05, 4.69) is 48.3 Å². The predicted molar refractivity (Wildman–Crippen MR) is 79.7 cm³/mol. The van der Waals surface area contributed by atoms with Gasteiger partial charge < -0.3 is 15.7 Å². The second kappa shape index (κ2) is 7.28. The predicted octanol–water partition coefficient (Wildman–Crippen LogP) is 2.39. The molecule has 5 nitrogen and oxygen atoms in total. The highest BCUT2D eigenvalue weighted by molar-refractivity contribution is 5.48. The number of rotatable bonds is 7. The molecule has 1 rings (SSSR count). The lowest BCUT2D eigenvalue weighted by Crippen LogP contribution is -2.19. The summed E-state index contributed by atoms with van der Waals surface area (Å²) in [7, 11) is 0. The van der Waals surface area contributed by atoms with Gasteiger partial charge in [-0.3, -0.25) is 0 Å². The maximum atomic E-state index is 8.81. The van der Waals surface area contributed by atoms with Crippen molar-refractivity contribution in [2.24, 2.45) is 0 Å². The summed E-state index contributed by atoms with van der Waals surface area (Å²) in [6.45, 7) is 10.2. The van der Waals surface area contributed by atoms with Gasteiger partial charge in [-0.1, -0.05) is 27.7 Å². The third-order valence-electron chi connectivity index (χ3n) is 2.59. The van der Waals surface area contributed by atoms with E-state index in [0.29, 0.717) is 13.0 Å². The molecule has 0 atom stereocenters. The number of hydrogen-bond donors (Lipinski definition) is 3. The first-order valence-corrected chi connectivity index (χ1v) is 6.95. The monoisotopic (exact) mass is 266 g/mol. The van der Waals surface area contributed by atoms with E-state index >= 15 is 0 Å². The van der Waals surface area contributed by atoms with Crippen molar-refractivity contribution < 1.29 is 5.11 Å². The maximum absolute atomic E-state index is 8.81. The summed E-state index contributed by atoms with van der Waals surface area (Å²) in [4.78, 5) is 9.10. The molecule has 0 fully saturated rings. The Labute approximate surface area is 115 Å². The highest BCUT2D eigenvalue weighted by atomic mass is 16.3. The number of hydrogen-bond acceptors (Lipinski definition) is 5. The normalized spacial score (nSPS) is 11.4. The lowest BCUT2D eigenvalue weighted by atomic mass is 9.96. The van der Waals surface area contributed by atoms with Crippen LogP contribution in [-0.4, -0.2) is 34.8 Å². The van der Waals surface area contributed by atoms with E-state index < -0.39 is 0 Å². The smallest absolute Gasteiger partial charge is 0.138 e. The summed E-state index contributed by atoms with van der Waals surface area (Å²) in [6.07, 6.45) is 1.77. The van der Waals surface area contributed by atoms with Gasteiger partial charge in [-0.05, 0) is 12.8 Å². The summed E-state index contributed by atoms with van der Waals surface area (Å²) in [5, 5.41) is 15.3. The molecule has 0 saturated heterocycles. The summed E-state index contributed by atoms with van der Waals surface area (Å²) in [6, 6.07) is 1.92. The van der Waals surface area contributed by atoms with Crippen LogP contribution in [0.1, 0.15) is 46.4 Å². The van der Waals surface area contributed by atoms with E-state index in [0.717, 1.165) is 30.4 Å². The lowest BCUT2D eigenvalue weighted by Gasteiger charge is -2.19. The summed E-state index contributed by atoms with van der Waals surface area (Å²) >= 11 is 0. The zero-order valence-corrected chi connectivity index (χ0v) is 12.5. The maximum Gasteiger partial charge on any atom is 0.138 e. The average Bonchev–Trinajstić information content (AvgIpc) is 2.35. The van der Waals surface area contributed by atoms with Crippen LogP contribution in [-0.2, 0) is 5.41 Å². The molecule has 0 aliphatic carbocycles. The quantitative estimate of drug-likeness (QED) is 0.661. The summed E-state index contributed by atoms with van der Waals surface area (Å²) in [5.74, 6) is 2.49. The second-order valence-electron chi connectivity index (χ2n) is 5.64. The van der Waals surface area contributed by atoms with E-state index in [4.69, 9.17) is 5.11 Å². The molecular formula is C14H26N4O. The van der Waals surface area contributed by atoms with E-state index in [1.807, 2.05) is 6.07 Å². The number of nitrogens with one attached hydrogen (secondary N) is 2. The largest absolute Gasteiger partial charge is 0.396 e. The number of aliphatic hydroxyl groups is 1. The Balaban J connectivity index is 2.89. The van der Waals surface area contributed by atoms with Crippen LogP contribution >= 0.6 is 0 Å². The fourth-order valence-electron chi connectivity index (χ4n) is 1.51. The fourth-order valence-corrected chi connectivity index (χ4v) is 1.51. The molecule has 0 amide bonds. The van der Waals surface area contributed by atoms with Crippen molar-refractivity contribution in [3.05, 3.63) is 11.9 Å². The minimum absolute atomic E-state index is 0.0860. The molecule has 5 heteroatoms. The molecule has 0 bridgehead atoms. The standard InChI is InChI=1S/C14H26N4O/c1-5-7-15-11-10-12(16-8-6-9-19)18-13(17-11)14(2,3)4/h10,19H,5-9H2,1-4H3,(H2,15,16,17,18). The first-order valence-electron chi connectivity index (χ1n) is 6.95. The van der Waals surface area contributed by atoms with Crippen molar-refractivity contribution in [3.8, 4) is 0 Å². The molecular weight excluding hydrogens is 240 g/mol. The Hall–Kier alpha value is -1.36. The van der Waals surface area contributed by atoms with Crippen molar-refractivity contribution in [1.29, 1.82) is 0 Å². The number of aliphatic hydroxyl groups excluding tert-OH is 1. The fraction of sp³-hybridized carbons (Fsp3) is 0.714. The van der Waals surface area contributed by atoms with Crippen LogP contribution in [0.25, 0.3) is 0 Å². The van der Waals surface area contributed by atoms with Gasteiger partial charge in [-0.15, -0.1) is 0 Å². The zero-order valence-electron chi connectivity index (χ0n) is 12.5. The van der Waals surface area contributed by atoms with Gasteiger partial charge in [-0.2, -0.15) is 0 Å². The van der Waals surface area contributed by atoms with Crippen molar-refractivity contribution in [2.45, 2.75) is 46.0 Å². The second-order valence-corrected chi connectivity index (χ2v) is 5.64. The van der Waals surface area contributed by atoms with Gasteiger partial charge in [0, 0.05) is 31.2 Å². The molecule has 19 heavy (non-hydrogen) atoms. The molecule has 1 aromatic heterocycles. The first-order chi connectivity index (χ1) is 8.97. The molecule has 0 saturated carbocycles. The van der Waals surface area contributed by atoms with Crippen LogP contribution in [0.3, 0.4) is 0 Å². The SMILES string of the molecule is CCCNc1cc(NCCCO)nc(C(C)(C)C)n1. The van der Waals surface area contributed by atoms with Crippen LogP contribution < -0.4 is 10.6 Å². The van der Waals surface area contributed by atoms with Gasteiger partial charge >= 0.3 is 0 Å². The van der Waals surface area contributed by atoms with Crippen LogP contribution in [0.4, 0.5) is 11.6 Å². The van der Waals surface area contributed by atoms with E-state index in [9.17, 15) is 0 Å². The molecule has 0 aromatic carbocycles. The van der Waals surface area contributed by atoms with E-state index in [1.54, 1.807) is 0 Å². The van der Waals surface area contributed by atoms with Gasteiger partial charge in [0.2, 0.25) is 0 Å². The summed E-state index contributed by atoms with van der Waals surface area (Å²) < 4.78 is 0. The highest BCUT2D eigenvalue weighted by Gasteiger charge is 2.19. The van der Waals surface area contributed by atoms with Gasteiger partial charge in [0.25, 0.3) is 0 Å². The Morgan fingerprint density at radius 1 is 1.11 bits per heavy atom. The molecule has 0 aliphatic heterocycles. The Kier molecular flexibility index (Phi) is 6.02. The van der Waals surface area contributed by atoms with Gasteiger partial charge in [0.15, 0.2) is 0 Å². The third-order valence-corrected chi connectivity index (χ3v) is 2.59. The van der Waals surface area contributed by atoms with Crippen molar-refractivity contribution in [3.63, 3.8) is 0 Å². The highest BCUT2D eigenvalue weighted by Crippen LogP contribution is 2.22. The number of anilines is 2. The average molecular weight is 266 g/mol. The topological polar surface area (TPSA) is 70.1 Å². The molecule has 3 N–H and O–H groups in total. The molecule has 0 spiro atoms. The number of nitrogens with zero attached hydrogens (tertiary/aromatic N) is 2. The van der Waals surface area contributed by atoms with Crippen molar-refractivity contribution >= 4 is 11.6 Å². The summed E-state index contributed by atoms with van der Waals surface area (Å²) in [5.41, 5.74) is -0.0860. The molecule has 108 valence electrons. The van der Waals surface area contributed by atoms with Gasteiger partial charge in [-0.25, -0.2) is 9.97 Å². The van der Waals surface area contributed by atoms with Crippen molar-refractivity contribution in [2.75, 3.05) is 30.3 Å². The molecule has 1 aromatic rings. The molecule has 1 heterocycles. The molecule has 0 radical (unpaired) electrons. The van der Waals surface area contributed by atoms with Crippen LogP contribution in [0.15, 0.2) is 6.07 Å². The van der Waals surface area contributed by atoms with Crippen molar-refractivity contribution in [1.82, 2.24) is 9.97 Å². The van der Waals surface area contributed by atoms with Crippen LogP contribution in [0.2, 0.25) is 0 Å². The zero-order chi connectivity index (χ0) is 14.3. The van der Waals surface area contributed by atoms with Gasteiger partial charge in [0.05, 0.1) is 0 Å². The minimum atomic E-state index is -0.0860. The minimum Gasteiger partial charge on any atom is -0.396 e. The third kappa shape index (κ3) is 5.42. The van der Waals surface area contributed by atoms with Crippen LogP contribution in [0, 0.1) is 0 Å². The van der Waals surface area contributed by atoms with E-state index in [1.165, 1.54) is 0 Å². The Morgan fingerprint density at radius 3 is 2.16 bits per heavy atom. The van der Waals surface area contributed by atoms with Gasteiger partial charge in [0.1, 0.15) is 17.5 Å². The Bertz CT molecular complexity index is 388. The lowest BCUT2D eigenvalue weighted by molar-refractivity contribution is 0.292. The molecule has 0 aliphatic rings. The van der Waals surface area contributed by atoms with E-state index in [-0.39, 0.29) is 12.0 Å². The number of aromatic nitrogens is 2.